The van der Waals surface area contributed by atoms with Crippen LogP contribution >= 0.6 is 22.6 Å². The van der Waals surface area contributed by atoms with E-state index in [1.54, 1.807) is 22.6 Å². The molecule has 0 aliphatic rings. The fraction of sp³-hybridized carbons (Fsp3) is 0.571. The predicted molar refractivity (Wildman–Crippen MR) is 79.0 cm³/mol. The number of hydrogen-bond donors (Lipinski definition) is 0. The molecule has 1 atom stereocenters. The Labute approximate surface area is 150 Å². The molecule has 0 radical (unpaired) electrons. The van der Waals surface area contributed by atoms with Crippen LogP contribution in [0.25, 0.3) is 0 Å². The van der Waals surface area contributed by atoms with Gasteiger partial charge in [0.05, 0.1) is 12.0 Å². The third-order valence-electron chi connectivity index (χ3n) is 3.65. The summed E-state index contributed by atoms with van der Waals surface area (Å²) in [4.78, 5) is 0. The third-order valence-corrected chi connectivity index (χ3v) is 4.33. The molecule has 0 amide bonds. The molecular formula is C14H12F9IO. The summed E-state index contributed by atoms with van der Waals surface area (Å²) in [7, 11) is 0.857. The molecule has 0 aliphatic heterocycles. The molecule has 1 rings (SSSR count). The van der Waals surface area contributed by atoms with Gasteiger partial charge in [0.15, 0.2) is 0 Å². The van der Waals surface area contributed by atoms with Crippen molar-refractivity contribution >= 4 is 22.6 Å². The van der Waals surface area contributed by atoms with E-state index in [9.17, 15) is 39.5 Å². The molecule has 0 heterocycles. The van der Waals surface area contributed by atoms with Gasteiger partial charge in [-0.1, -0.05) is 12.1 Å². The van der Waals surface area contributed by atoms with Crippen molar-refractivity contribution in [2.75, 3.05) is 7.11 Å². The van der Waals surface area contributed by atoms with Crippen LogP contribution in [-0.4, -0.2) is 31.1 Å². The molecular weight excluding hydrogens is 482 g/mol. The highest BCUT2D eigenvalue weighted by Gasteiger charge is 2.82. The van der Waals surface area contributed by atoms with Crippen molar-refractivity contribution in [3.8, 4) is 0 Å². The van der Waals surface area contributed by atoms with Crippen LogP contribution in [0.1, 0.15) is 18.9 Å². The molecule has 0 bridgehead atoms. The summed E-state index contributed by atoms with van der Waals surface area (Å²) in [6.07, 6.45) is -8.93. The van der Waals surface area contributed by atoms with Crippen molar-refractivity contribution in [3.63, 3.8) is 0 Å². The number of benzene rings is 1. The van der Waals surface area contributed by atoms with Crippen molar-refractivity contribution in [1.29, 1.82) is 0 Å². The summed E-state index contributed by atoms with van der Waals surface area (Å²) in [5, 5.41) is 0. The third kappa shape index (κ3) is 4.01. The molecule has 0 aromatic heterocycles. The van der Waals surface area contributed by atoms with Crippen LogP contribution < -0.4 is 0 Å². The monoisotopic (exact) mass is 494 g/mol. The summed E-state index contributed by atoms with van der Waals surface area (Å²) in [5.74, 6) is -19.3. The van der Waals surface area contributed by atoms with E-state index in [-0.39, 0.29) is 5.56 Å². The second-order valence-electron chi connectivity index (χ2n) is 5.47. The minimum absolute atomic E-state index is 0.0762. The zero-order valence-electron chi connectivity index (χ0n) is 12.7. The van der Waals surface area contributed by atoms with Crippen molar-refractivity contribution < 1.29 is 44.3 Å². The normalized spacial score (nSPS) is 16.6. The van der Waals surface area contributed by atoms with Gasteiger partial charge >= 0.3 is 23.9 Å². The maximum atomic E-state index is 13.9. The second kappa shape index (κ2) is 6.78. The average Bonchev–Trinajstić information content (AvgIpc) is 2.45. The molecule has 1 aromatic rings. The van der Waals surface area contributed by atoms with Gasteiger partial charge in [-0.05, 0) is 47.2 Å². The van der Waals surface area contributed by atoms with Crippen LogP contribution in [-0.2, 0) is 10.3 Å². The fourth-order valence-corrected chi connectivity index (χ4v) is 2.59. The first kappa shape index (κ1) is 22.3. The van der Waals surface area contributed by atoms with Gasteiger partial charge in [-0.3, -0.25) is 0 Å². The molecule has 144 valence electrons. The van der Waals surface area contributed by atoms with Gasteiger partial charge < -0.3 is 4.74 Å². The van der Waals surface area contributed by atoms with Crippen LogP contribution in [0.2, 0.25) is 0 Å². The first-order valence-electron chi connectivity index (χ1n) is 6.53. The zero-order valence-corrected chi connectivity index (χ0v) is 14.9. The Hall–Kier alpha value is -0.720. The van der Waals surface area contributed by atoms with E-state index < -0.39 is 36.0 Å². The second-order valence-corrected chi connectivity index (χ2v) is 6.72. The van der Waals surface area contributed by atoms with Crippen molar-refractivity contribution in [2.24, 2.45) is 0 Å². The average molecular weight is 494 g/mol. The van der Waals surface area contributed by atoms with Crippen LogP contribution in [0.5, 0.6) is 0 Å². The lowest BCUT2D eigenvalue weighted by Crippen LogP contribution is -2.62. The number of halogens is 10. The fourth-order valence-electron chi connectivity index (χ4n) is 2.05. The molecule has 1 aromatic carbocycles. The van der Waals surface area contributed by atoms with Gasteiger partial charge in [0, 0.05) is 10.7 Å². The number of methoxy groups -OCH3 is 1. The first-order chi connectivity index (χ1) is 11.0. The maximum Gasteiger partial charge on any atom is 0.460 e. The first-order valence-corrected chi connectivity index (χ1v) is 7.61. The highest BCUT2D eigenvalue weighted by Crippen LogP contribution is 2.56. The van der Waals surface area contributed by atoms with Gasteiger partial charge in [0.25, 0.3) is 0 Å². The van der Waals surface area contributed by atoms with E-state index in [1.807, 2.05) is 0 Å². The summed E-state index contributed by atoms with van der Waals surface area (Å²) >= 11 is 1.78. The minimum atomic E-state index is -6.91. The van der Waals surface area contributed by atoms with Gasteiger partial charge in [0.2, 0.25) is 0 Å². The van der Waals surface area contributed by atoms with Crippen molar-refractivity contribution in [3.05, 3.63) is 33.4 Å². The lowest BCUT2D eigenvalue weighted by atomic mass is 9.86. The Morgan fingerprint density at radius 1 is 0.920 bits per heavy atom. The van der Waals surface area contributed by atoms with E-state index in [0.717, 1.165) is 14.0 Å². The van der Waals surface area contributed by atoms with E-state index >= 15 is 0 Å². The molecule has 0 saturated heterocycles. The van der Waals surface area contributed by atoms with Gasteiger partial charge in [-0.2, -0.15) is 39.5 Å². The molecule has 25 heavy (non-hydrogen) atoms. The molecule has 1 unspecified atom stereocenters. The zero-order chi connectivity index (χ0) is 19.9. The topological polar surface area (TPSA) is 9.23 Å². The SMILES string of the molecule is COC(C)(CC(F)(F)C(F)(F)C(F)(F)C(F)(F)F)c1cccc(I)c1. The highest BCUT2D eigenvalue weighted by molar-refractivity contribution is 14.1. The molecule has 11 heteroatoms. The van der Waals surface area contributed by atoms with E-state index in [0.29, 0.717) is 3.57 Å². The number of ether oxygens (including phenoxy) is 1. The lowest BCUT2D eigenvalue weighted by Gasteiger charge is -2.38. The van der Waals surface area contributed by atoms with Gasteiger partial charge in [-0.25, -0.2) is 0 Å². The Morgan fingerprint density at radius 2 is 1.44 bits per heavy atom. The Kier molecular flexibility index (Phi) is 6.05. The summed E-state index contributed by atoms with van der Waals surface area (Å²) in [6, 6.07) is 5.38. The molecule has 0 N–H and O–H groups in total. The molecule has 0 spiro atoms. The number of rotatable bonds is 6. The predicted octanol–water partition coefficient (Wildman–Crippen LogP) is 6.01. The smallest absolute Gasteiger partial charge is 0.374 e. The molecule has 0 saturated carbocycles. The molecule has 0 fully saturated rings. The van der Waals surface area contributed by atoms with Gasteiger partial charge in [0.1, 0.15) is 0 Å². The van der Waals surface area contributed by atoms with Crippen molar-refractivity contribution in [2.45, 2.75) is 42.9 Å². The van der Waals surface area contributed by atoms with Crippen LogP contribution in [0, 0.1) is 3.57 Å². The highest BCUT2D eigenvalue weighted by atomic mass is 127. The summed E-state index contributed by atoms with van der Waals surface area (Å²) < 4.78 is 122. The van der Waals surface area contributed by atoms with Crippen LogP contribution in [0.3, 0.4) is 0 Å². The molecule has 1 nitrogen and oxygen atoms in total. The Morgan fingerprint density at radius 3 is 1.84 bits per heavy atom. The van der Waals surface area contributed by atoms with E-state index in [4.69, 9.17) is 4.74 Å². The van der Waals surface area contributed by atoms with Crippen LogP contribution in [0.15, 0.2) is 24.3 Å². The Balaban J connectivity index is 3.33. The minimum Gasteiger partial charge on any atom is -0.374 e. The summed E-state index contributed by atoms with van der Waals surface area (Å²) in [5.41, 5.74) is -2.30. The summed E-state index contributed by atoms with van der Waals surface area (Å²) in [6.45, 7) is 0.897. The van der Waals surface area contributed by atoms with Crippen molar-refractivity contribution in [1.82, 2.24) is 0 Å². The maximum absolute atomic E-state index is 13.9. The number of hydrogen-bond acceptors (Lipinski definition) is 1. The Bertz CT molecular complexity index is 615. The molecule has 0 aliphatic carbocycles. The lowest BCUT2D eigenvalue weighted by molar-refractivity contribution is -0.400. The van der Waals surface area contributed by atoms with Gasteiger partial charge in [-0.15, -0.1) is 0 Å². The van der Waals surface area contributed by atoms with E-state index in [1.165, 1.54) is 24.3 Å². The number of alkyl halides is 9. The largest absolute Gasteiger partial charge is 0.460 e. The van der Waals surface area contributed by atoms with E-state index in [2.05, 4.69) is 0 Å². The quantitative estimate of drug-likeness (QED) is 0.348. The standard InChI is InChI=1S/C14H12F9IO/c1-10(25-2,8-4-3-5-9(24)6-8)7-11(15,16)12(17,18)13(19,20)14(21,22)23/h3-6H,7H2,1-2H3. The van der Waals surface area contributed by atoms with Crippen LogP contribution in [0.4, 0.5) is 39.5 Å².